The van der Waals surface area contributed by atoms with Gasteiger partial charge in [-0.3, -0.25) is 4.57 Å². The molecule has 6 aromatic rings. The largest absolute Gasteiger partial charge is 0.399 e. The molecule has 7 rings (SSSR count). The first kappa shape index (κ1) is 28.4. The van der Waals surface area contributed by atoms with E-state index in [1.165, 1.54) is 16.8 Å². The minimum Gasteiger partial charge on any atom is -0.399 e. The van der Waals surface area contributed by atoms with Crippen molar-refractivity contribution in [1.29, 1.82) is 0 Å². The van der Waals surface area contributed by atoms with Crippen molar-refractivity contribution in [2.24, 2.45) is 0 Å². The number of likely N-dealkylation sites (N-methyl/N-ethyl adjacent to an activating group) is 1. The molecule has 0 amide bonds. The molecule has 0 atom stereocenters. The van der Waals surface area contributed by atoms with E-state index in [9.17, 15) is 0 Å². The smallest absolute Gasteiger partial charge is 0.231 e. The third-order valence-electron chi connectivity index (χ3n) is 8.23. The third-order valence-corrected chi connectivity index (χ3v) is 8.23. The van der Waals surface area contributed by atoms with E-state index in [0.29, 0.717) is 30.4 Å². The van der Waals surface area contributed by atoms with Crippen LogP contribution in [0.3, 0.4) is 0 Å². The summed E-state index contributed by atoms with van der Waals surface area (Å²) >= 11 is 0. The van der Waals surface area contributed by atoms with E-state index in [-0.39, 0.29) is 0 Å². The van der Waals surface area contributed by atoms with Crippen LogP contribution in [0.1, 0.15) is 11.1 Å². The third kappa shape index (κ3) is 6.44. The lowest BCUT2D eigenvalue weighted by atomic mass is 10.1. The lowest BCUT2D eigenvalue weighted by Gasteiger charge is -2.34. The van der Waals surface area contributed by atoms with E-state index >= 15 is 0 Å². The van der Waals surface area contributed by atoms with Crippen LogP contribution in [-0.2, 0) is 13.1 Å². The Labute approximate surface area is 263 Å². The second kappa shape index (κ2) is 12.7. The zero-order valence-electron chi connectivity index (χ0n) is 25.4. The summed E-state index contributed by atoms with van der Waals surface area (Å²) in [5.41, 5.74) is 13.7. The number of benzene rings is 4. The Kier molecular flexibility index (Phi) is 7.99. The molecule has 0 bridgehead atoms. The van der Waals surface area contributed by atoms with Gasteiger partial charge < -0.3 is 25.8 Å². The number of imidazole rings is 1. The maximum Gasteiger partial charge on any atom is 0.231 e. The number of aromatic nitrogens is 4. The summed E-state index contributed by atoms with van der Waals surface area (Å²) in [6.07, 6.45) is 1.80. The van der Waals surface area contributed by atoms with Gasteiger partial charge in [0.1, 0.15) is 6.33 Å². The molecule has 2 aromatic heterocycles. The van der Waals surface area contributed by atoms with Crippen LogP contribution in [0.15, 0.2) is 116 Å². The number of piperazine rings is 1. The molecule has 0 spiro atoms. The molecule has 1 aliphatic heterocycles. The maximum atomic E-state index is 6.18. The summed E-state index contributed by atoms with van der Waals surface area (Å²) in [7, 11) is 2.17. The van der Waals surface area contributed by atoms with E-state index in [4.69, 9.17) is 20.7 Å². The molecule has 3 heterocycles. The Bertz CT molecular complexity index is 1840. The van der Waals surface area contributed by atoms with Gasteiger partial charge >= 0.3 is 0 Å². The second-order valence-corrected chi connectivity index (χ2v) is 11.5. The van der Waals surface area contributed by atoms with E-state index < -0.39 is 0 Å². The Morgan fingerprint density at radius 3 is 2.09 bits per heavy atom. The average molecular weight is 596 g/mol. The summed E-state index contributed by atoms with van der Waals surface area (Å²) in [6.45, 7) is 5.41. The summed E-state index contributed by atoms with van der Waals surface area (Å²) < 4.78 is 1.98. The first-order valence-electron chi connectivity index (χ1n) is 15.3. The predicted molar refractivity (Wildman–Crippen MR) is 183 cm³/mol. The average Bonchev–Trinajstić information content (AvgIpc) is 3.50. The number of nitrogens with two attached hydrogens (primary N) is 1. The maximum absolute atomic E-state index is 6.18. The summed E-state index contributed by atoms with van der Waals surface area (Å²) in [5.74, 6) is 1.26. The number of rotatable bonds is 9. The first-order valence-corrected chi connectivity index (χ1v) is 15.3. The molecule has 1 aliphatic rings. The molecule has 0 aliphatic carbocycles. The molecule has 9 nitrogen and oxygen atoms in total. The van der Waals surface area contributed by atoms with Gasteiger partial charge in [0, 0.05) is 56.3 Å². The van der Waals surface area contributed by atoms with Crippen LogP contribution in [-0.4, -0.2) is 57.6 Å². The van der Waals surface area contributed by atoms with Gasteiger partial charge in [-0.15, -0.1) is 0 Å². The molecule has 0 radical (unpaired) electrons. The van der Waals surface area contributed by atoms with Crippen LogP contribution in [0.25, 0.3) is 16.9 Å². The van der Waals surface area contributed by atoms with Crippen molar-refractivity contribution in [1.82, 2.24) is 24.4 Å². The standard InChI is InChI=1S/C36H37N9/c1-42-18-20-43(21-19-42)31-16-9-15-30(23-31)39-36-40-34(33-35(41-36)45(26-38-33)32-17-8-14-29(37)22-32)44(24-27-10-4-2-5-11-27)25-28-12-6-3-7-13-28/h2-17,22-23,26H,18-21,24-25,37H2,1H3,(H,39,40,41). The Balaban J connectivity index is 1.32. The normalized spacial score (nSPS) is 13.7. The fraction of sp³-hybridized carbons (Fsp3) is 0.194. The molecule has 226 valence electrons. The number of nitrogens with one attached hydrogen (secondary N) is 1. The van der Waals surface area contributed by atoms with Crippen LogP contribution in [0.2, 0.25) is 0 Å². The van der Waals surface area contributed by atoms with Crippen molar-refractivity contribution in [3.8, 4) is 5.69 Å². The van der Waals surface area contributed by atoms with E-state index in [1.54, 1.807) is 6.33 Å². The van der Waals surface area contributed by atoms with E-state index in [2.05, 4.69) is 99.9 Å². The number of fused-ring (bicyclic) bond motifs is 1. The van der Waals surface area contributed by atoms with Crippen LogP contribution >= 0.6 is 0 Å². The molecule has 4 aromatic carbocycles. The lowest BCUT2D eigenvalue weighted by molar-refractivity contribution is 0.313. The molecule has 0 saturated carbocycles. The molecule has 3 N–H and O–H groups in total. The van der Waals surface area contributed by atoms with Gasteiger partial charge in [0.25, 0.3) is 0 Å². The minimum absolute atomic E-state index is 0.504. The highest BCUT2D eigenvalue weighted by Gasteiger charge is 2.21. The number of anilines is 5. The molecule has 1 saturated heterocycles. The summed E-state index contributed by atoms with van der Waals surface area (Å²) in [4.78, 5) is 22.1. The molecule has 45 heavy (non-hydrogen) atoms. The SMILES string of the molecule is CN1CCN(c2cccc(Nc3nc(N(Cc4ccccc4)Cc4ccccc4)c4ncn(-c5cccc(N)c5)c4n3)c2)CC1. The molecule has 1 fully saturated rings. The summed E-state index contributed by atoms with van der Waals surface area (Å²) in [6, 6.07) is 37.2. The van der Waals surface area contributed by atoms with E-state index in [0.717, 1.165) is 48.9 Å². The predicted octanol–water partition coefficient (Wildman–Crippen LogP) is 6.10. The van der Waals surface area contributed by atoms with Crippen LogP contribution in [0.5, 0.6) is 0 Å². The zero-order chi connectivity index (χ0) is 30.6. The Morgan fingerprint density at radius 1 is 0.733 bits per heavy atom. The number of nitrogen functional groups attached to an aromatic ring is 1. The van der Waals surface area contributed by atoms with Crippen molar-refractivity contribution < 1.29 is 0 Å². The van der Waals surface area contributed by atoms with Crippen molar-refractivity contribution >= 4 is 40.0 Å². The highest BCUT2D eigenvalue weighted by molar-refractivity contribution is 5.86. The van der Waals surface area contributed by atoms with Gasteiger partial charge in [0.15, 0.2) is 17.0 Å². The first-order chi connectivity index (χ1) is 22.1. The Morgan fingerprint density at radius 2 is 1.40 bits per heavy atom. The number of nitrogens with zero attached hydrogens (tertiary/aromatic N) is 7. The summed E-state index contributed by atoms with van der Waals surface area (Å²) in [5, 5.41) is 3.54. The molecule has 0 unspecified atom stereocenters. The topological polar surface area (TPSA) is 91.4 Å². The molecule has 9 heteroatoms. The Hall–Kier alpha value is -5.41. The highest BCUT2D eigenvalue weighted by atomic mass is 15.3. The van der Waals surface area contributed by atoms with Crippen molar-refractivity contribution in [2.75, 3.05) is 54.1 Å². The van der Waals surface area contributed by atoms with E-state index in [1.807, 2.05) is 41.0 Å². The minimum atomic E-state index is 0.504. The monoisotopic (exact) mass is 595 g/mol. The fourth-order valence-electron chi connectivity index (χ4n) is 5.81. The lowest BCUT2D eigenvalue weighted by Crippen LogP contribution is -2.44. The van der Waals surface area contributed by atoms with Gasteiger partial charge in [-0.1, -0.05) is 72.8 Å². The number of hydrogen-bond donors (Lipinski definition) is 2. The van der Waals surface area contributed by atoms with Crippen LogP contribution in [0, 0.1) is 0 Å². The van der Waals surface area contributed by atoms with Gasteiger partial charge in [0.2, 0.25) is 5.95 Å². The van der Waals surface area contributed by atoms with Crippen molar-refractivity contribution in [3.63, 3.8) is 0 Å². The van der Waals surface area contributed by atoms with Crippen molar-refractivity contribution in [3.05, 3.63) is 127 Å². The second-order valence-electron chi connectivity index (χ2n) is 11.5. The zero-order valence-corrected chi connectivity index (χ0v) is 25.4. The van der Waals surface area contributed by atoms with Gasteiger partial charge in [-0.05, 0) is 54.6 Å². The highest BCUT2D eigenvalue weighted by Crippen LogP contribution is 2.31. The van der Waals surface area contributed by atoms with Gasteiger partial charge in [0.05, 0.1) is 5.69 Å². The van der Waals surface area contributed by atoms with Gasteiger partial charge in [-0.2, -0.15) is 9.97 Å². The molecular formula is C36H37N9. The van der Waals surface area contributed by atoms with Gasteiger partial charge in [-0.25, -0.2) is 4.98 Å². The number of hydrogen-bond acceptors (Lipinski definition) is 8. The molecular weight excluding hydrogens is 558 g/mol. The van der Waals surface area contributed by atoms with Crippen molar-refractivity contribution in [2.45, 2.75) is 13.1 Å². The van der Waals surface area contributed by atoms with Crippen LogP contribution in [0.4, 0.5) is 28.8 Å². The van der Waals surface area contributed by atoms with Crippen LogP contribution < -0.4 is 20.9 Å². The quantitative estimate of drug-likeness (QED) is 0.194. The fourth-order valence-corrected chi connectivity index (χ4v) is 5.81.